The molecule has 0 bridgehead atoms. The highest BCUT2D eigenvalue weighted by molar-refractivity contribution is 7.80. The largest absolute Gasteiger partial charge is 0.497 e. The van der Waals surface area contributed by atoms with E-state index < -0.39 is 0 Å². The van der Waals surface area contributed by atoms with Crippen molar-refractivity contribution < 1.29 is 9.13 Å². The van der Waals surface area contributed by atoms with E-state index in [1.54, 1.807) is 19.2 Å². The average molecular weight is 367 g/mol. The van der Waals surface area contributed by atoms with Gasteiger partial charge in [0, 0.05) is 5.69 Å². The number of fused-ring (bicyclic) bond motifs is 1. The smallest absolute Gasteiger partial charge is 0.189 e. The number of rotatable bonds is 5. The predicted molar refractivity (Wildman–Crippen MR) is 108 cm³/mol. The first-order valence-corrected chi connectivity index (χ1v) is 8.31. The Morgan fingerprint density at radius 1 is 0.962 bits per heavy atom. The molecule has 3 aromatic carbocycles. The maximum Gasteiger partial charge on any atom is 0.189 e. The Morgan fingerprint density at radius 3 is 2.38 bits per heavy atom. The van der Waals surface area contributed by atoms with Crippen molar-refractivity contribution in [3.63, 3.8) is 0 Å². The van der Waals surface area contributed by atoms with E-state index in [2.05, 4.69) is 22.7 Å². The van der Waals surface area contributed by atoms with E-state index in [4.69, 9.17) is 17.0 Å². The van der Waals surface area contributed by atoms with Crippen LogP contribution in [-0.2, 0) is 0 Å². The number of methoxy groups -OCH3 is 1. The summed E-state index contributed by atoms with van der Waals surface area (Å²) in [6, 6.07) is 17.8. The van der Waals surface area contributed by atoms with Gasteiger partial charge in [-0.1, -0.05) is 24.8 Å². The summed E-state index contributed by atoms with van der Waals surface area (Å²) in [7, 11) is 1.65. The van der Waals surface area contributed by atoms with Gasteiger partial charge in [0.15, 0.2) is 5.11 Å². The van der Waals surface area contributed by atoms with Gasteiger partial charge in [-0.3, -0.25) is 10.9 Å². The Hall–Kier alpha value is -3.12. The van der Waals surface area contributed by atoms with Crippen LogP contribution in [0.25, 0.3) is 16.5 Å². The Bertz CT molecular complexity index is 957. The summed E-state index contributed by atoms with van der Waals surface area (Å²) >= 11 is 5.21. The number of halogens is 1. The summed E-state index contributed by atoms with van der Waals surface area (Å²) in [5, 5.41) is 5.47. The number of thiocarbonyl (C=S) groups is 1. The van der Waals surface area contributed by atoms with E-state index in [0.717, 1.165) is 22.1 Å². The summed E-state index contributed by atoms with van der Waals surface area (Å²) in [4.78, 5) is 0. The molecule has 0 aliphatic heterocycles. The minimum atomic E-state index is -0.296. The van der Waals surface area contributed by atoms with Crippen LogP contribution < -0.4 is 20.9 Å². The maximum atomic E-state index is 12.9. The van der Waals surface area contributed by atoms with Crippen LogP contribution in [0.4, 0.5) is 10.1 Å². The van der Waals surface area contributed by atoms with Gasteiger partial charge in [0.1, 0.15) is 11.6 Å². The molecule has 6 heteroatoms. The van der Waals surface area contributed by atoms with E-state index >= 15 is 0 Å². The van der Waals surface area contributed by atoms with Crippen molar-refractivity contribution in [2.24, 2.45) is 0 Å². The van der Waals surface area contributed by atoms with Gasteiger partial charge in [-0.2, -0.15) is 0 Å². The molecule has 0 aromatic heterocycles. The molecule has 0 aliphatic rings. The van der Waals surface area contributed by atoms with Crippen molar-refractivity contribution in [3.05, 3.63) is 78.6 Å². The van der Waals surface area contributed by atoms with Crippen LogP contribution in [0, 0.1) is 5.82 Å². The third-order valence-electron chi connectivity index (χ3n) is 3.82. The number of hydrogen-bond acceptors (Lipinski definition) is 3. The monoisotopic (exact) mass is 367 g/mol. The van der Waals surface area contributed by atoms with Gasteiger partial charge in [0.05, 0.1) is 12.8 Å². The first-order valence-electron chi connectivity index (χ1n) is 7.91. The van der Waals surface area contributed by atoms with Gasteiger partial charge in [-0.15, -0.1) is 0 Å². The molecule has 0 saturated carbocycles. The molecule has 0 spiro atoms. The molecule has 0 heterocycles. The lowest BCUT2D eigenvalue weighted by Gasteiger charge is -2.15. The Kier molecular flexibility index (Phi) is 5.34. The Balaban J connectivity index is 1.61. The van der Waals surface area contributed by atoms with Gasteiger partial charge in [-0.05, 0) is 71.0 Å². The van der Waals surface area contributed by atoms with Gasteiger partial charge >= 0.3 is 0 Å². The topological polar surface area (TPSA) is 45.3 Å². The zero-order chi connectivity index (χ0) is 18.5. The van der Waals surface area contributed by atoms with Crippen LogP contribution in [0.5, 0.6) is 5.75 Å². The molecule has 26 heavy (non-hydrogen) atoms. The molecule has 0 saturated heterocycles. The third-order valence-corrected chi connectivity index (χ3v) is 4.03. The molecule has 3 rings (SSSR count). The highest BCUT2D eigenvalue weighted by Gasteiger charge is 2.03. The van der Waals surface area contributed by atoms with Crippen molar-refractivity contribution in [2.45, 2.75) is 0 Å². The molecule has 0 aliphatic carbocycles. The highest BCUT2D eigenvalue weighted by atomic mass is 32.1. The Morgan fingerprint density at radius 2 is 1.65 bits per heavy atom. The first kappa shape index (κ1) is 17.7. The molecular weight excluding hydrogens is 349 g/mol. The van der Waals surface area contributed by atoms with Crippen molar-refractivity contribution in [2.75, 3.05) is 12.4 Å². The zero-order valence-electron chi connectivity index (χ0n) is 14.2. The molecule has 3 N–H and O–H groups in total. The minimum Gasteiger partial charge on any atom is -0.497 e. The molecule has 0 radical (unpaired) electrons. The lowest BCUT2D eigenvalue weighted by Crippen LogP contribution is -2.38. The van der Waals surface area contributed by atoms with Crippen LogP contribution in [-0.4, -0.2) is 12.2 Å². The quantitative estimate of drug-likeness (QED) is 0.459. The molecule has 3 aromatic rings. The van der Waals surface area contributed by atoms with Crippen molar-refractivity contribution in [1.82, 2.24) is 10.9 Å². The van der Waals surface area contributed by atoms with Crippen LogP contribution >= 0.6 is 12.2 Å². The van der Waals surface area contributed by atoms with E-state index in [1.165, 1.54) is 12.1 Å². The standard InChI is InChI=1S/C20H18FN3OS/c1-13(23-24-20(26)22-18-8-6-17(21)7-9-18)14-3-4-16-12-19(25-2)10-5-15(16)11-14/h3-12,23H,1H2,2H3,(H2,22,24,26). The van der Waals surface area contributed by atoms with E-state index in [-0.39, 0.29) is 5.82 Å². The van der Waals surface area contributed by atoms with Crippen LogP contribution in [0.15, 0.2) is 67.2 Å². The van der Waals surface area contributed by atoms with E-state index in [1.807, 2.05) is 36.4 Å². The highest BCUT2D eigenvalue weighted by Crippen LogP contribution is 2.23. The number of ether oxygens (including phenoxy) is 1. The van der Waals surface area contributed by atoms with Crippen molar-refractivity contribution in [1.29, 1.82) is 0 Å². The zero-order valence-corrected chi connectivity index (χ0v) is 15.0. The van der Waals surface area contributed by atoms with Crippen LogP contribution in [0.1, 0.15) is 5.56 Å². The fourth-order valence-corrected chi connectivity index (χ4v) is 2.61. The van der Waals surface area contributed by atoms with Gasteiger partial charge in [-0.25, -0.2) is 4.39 Å². The second kappa shape index (κ2) is 7.84. The fraction of sp³-hybridized carbons (Fsp3) is 0.0500. The summed E-state index contributed by atoms with van der Waals surface area (Å²) < 4.78 is 18.2. The molecule has 0 atom stereocenters. The van der Waals surface area contributed by atoms with Crippen LogP contribution in [0.3, 0.4) is 0 Å². The van der Waals surface area contributed by atoms with Gasteiger partial charge in [0.2, 0.25) is 0 Å². The number of hydrogen-bond donors (Lipinski definition) is 3. The third kappa shape index (κ3) is 4.29. The molecule has 132 valence electrons. The second-order valence-corrected chi connectivity index (χ2v) is 6.03. The van der Waals surface area contributed by atoms with Crippen molar-refractivity contribution >= 4 is 39.5 Å². The number of nitrogens with one attached hydrogen (secondary N) is 3. The second-order valence-electron chi connectivity index (χ2n) is 5.62. The number of anilines is 1. The lowest BCUT2D eigenvalue weighted by atomic mass is 10.1. The number of benzene rings is 3. The van der Waals surface area contributed by atoms with Crippen LogP contribution in [0.2, 0.25) is 0 Å². The number of hydrazine groups is 1. The SMILES string of the molecule is C=C(NNC(=S)Nc1ccc(F)cc1)c1ccc2cc(OC)ccc2c1. The summed E-state index contributed by atoms with van der Waals surface area (Å²) in [5.41, 5.74) is 8.13. The molecule has 0 amide bonds. The van der Waals surface area contributed by atoms with Crippen molar-refractivity contribution in [3.8, 4) is 5.75 Å². The predicted octanol–water partition coefficient (Wildman–Crippen LogP) is 4.45. The van der Waals surface area contributed by atoms with Gasteiger partial charge in [0.25, 0.3) is 0 Å². The summed E-state index contributed by atoms with van der Waals surface area (Å²) in [6.07, 6.45) is 0. The first-order chi connectivity index (χ1) is 12.5. The average Bonchev–Trinajstić information content (AvgIpc) is 2.67. The van der Waals surface area contributed by atoms with E-state index in [0.29, 0.717) is 16.5 Å². The summed E-state index contributed by atoms with van der Waals surface area (Å²) in [5.74, 6) is 0.524. The molecule has 4 nitrogen and oxygen atoms in total. The minimum absolute atomic E-state index is 0.296. The molecule has 0 fully saturated rings. The van der Waals surface area contributed by atoms with Gasteiger partial charge < -0.3 is 10.1 Å². The Labute approximate surface area is 156 Å². The van der Waals surface area contributed by atoms with E-state index in [9.17, 15) is 4.39 Å². The summed E-state index contributed by atoms with van der Waals surface area (Å²) in [6.45, 7) is 4.02. The fourth-order valence-electron chi connectivity index (χ4n) is 2.44. The maximum absolute atomic E-state index is 12.9. The lowest BCUT2D eigenvalue weighted by molar-refractivity contribution is 0.415. The molecular formula is C20H18FN3OS. The molecule has 0 unspecified atom stereocenters. The normalized spacial score (nSPS) is 10.2.